The maximum atomic E-state index is 12.2. The molecule has 3 heteroatoms. The zero-order valence-electron chi connectivity index (χ0n) is 4.97. The quantitative estimate of drug-likeness (QED) is 0.536. The van der Waals surface area contributed by atoms with Crippen LogP contribution in [0, 0.1) is 17.1 Å². The lowest BCUT2D eigenvalue weighted by Crippen LogP contribution is -1.77. The van der Waals surface area contributed by atoms with Crippen LogP contribution in [-0.4, -0.2) is 0 Å². The Morgan fingerprint density at radius 2 is 2.20 bits per heavy atom. The molecular weight excluding hydrogens is 133 g/mol. The highest BCUT2D eigenvalue weighted by Crippen LogP contribution is 2.16. The topological polar surface area (TPSA) is 43.7 Å². The molecule has 0 N–H and O–H groups in total. The number of hydrogen-bond acceptors (Lipinski definition) is 1. The van der Waals surface area contributed by atoms with Crippen LogP contribution >= 0.6 is 0 Å². The van der Waals surface area contributed by atoms with Crippen molar-refractivity contribution in [2.75, 3.05) is 0 Å². The first-order chi connectivity index (χ1) is 4.74. The molecule has 0 aliphatic carbocycles. The Kier molecular flexibility index (Phi) is 1.55. The number of halogens is 1. The van der Waals surface area contributed by atoms with Gasteiger partial charge >= 0.3 is 0 Å². The summed E-state index contributed by atoms with van der Waals surface area (Å²) < 4.78 is 12.2. The van der Waals surface area contributed by atoms with E-state index in [1.54, 1.807) is 6.07 Å². The molecule has 1 aromatic rings. The third kappa shape index (κ3) is 1.06. The van der Waals surface area contributed by atoms with E-state index in [4.69, 9.17) is 5.26 Å². The van der Waals surface area contributed by atoms with Crippen molar-refractivity contribution < 1.29 is 9.50 Å². The molecule has 1 radical (unpaired) electrons. The van der Waals surface area contributed by atoms with Gasteiger partial charge in [-0.1, -0.05) is 0 Å². The minimum Gasteiger partial charge on any atom is -0.288 e. The Labute approximate surface area is 57.1 Å². The Bertz CT molecular complexity index is 290. The summed E-state index contributed by atoms with van der Waals surface area (Å²) in [5, 5.41) is 18.8. The average molecular weight is 136 g/mol. The van der Waals surface area contributed by atoms with Crippen molar-refractivity contribution in [1.29, 1.82) is 5.26 Å². The van der Waals surface area contributed by atoms with E-state index >= 15 is 0 Å². The molecule has 49 valence electrons. The van der Waals surface area contributed by atoms with Crippen molar-refractivity contribution in [1.82, 2.24) is 0 Å². The molecule has 0 amide bonds. The fraction of sp³-hybridized carbons (Fsp3) is 0. The van der Waals surface area contributed by atoms with Gasteiger partial charge in [-0.2, -0.15) is 5.26 Å². The van der Waals surface area contributed by atoms with E-state index in [1.165, 1.54) is 0 Å². The first-order valence-corrected chi connectivity index (χ1v) is 2.60. The van der Waals surface area contributed by atoms with Gasteiger partial charge in [0.05, 0.1) is 0 Å². The van der Waals surface area contributed by atoms with Gasteiger partial charge < -0.3 is 0 Å². The normalized spacial score (nSPS) is 8.80. The molecule has 0 saturated heterocycles. The summed E-state index contributed by atoms with van der Waals surface area (Å²) in [6.45, 7) is 0. The smallest absolute Gasteiger partial charge is 0.196 e. The molecule has 1 rings (SSSR count). The van der Waals surface area contributed by atoms with Gasteiger partial charge in [-0.05, 0) is 18.2 Å². The van der Waals surface area contributed by atoms with Gasteiger partial charge in [0.15, 0.2) is 5.75 Å². The van der Waals surface area contributed by atoms with Crippen LogP contribution < -0.4 is 0 Å². The summed E-state index contributed by atoms with van der Waals surface area (Å²) in [6.07, 6.45) is 0. The van der Waals surface area contributed by atoms with Crippen LogP contribution in [0.25, 0.3) is 0 Å². The van der Waals surface area contributed by atoms with Crippen LogP contribution in [0.5, 0.6) is 5.75 Å². The van der Waals surface area contributed by atoms with E-state index in [1.807, 2.05) is 0 Å². The van der Waals surface area contributed by atoms with Gasteiger partial charge in [0.25, 0.3) is 0 Å². The van der Waals surface area contributed by atoms with Gasteiger partial charge in [0, 0.05) is 0 Å². The predicted molar refractivity (Wildman–Crippen MR) is 31.2 cm³/mol. The second-order valence-electron chi connectivity index (χ2n) is 1.75. The molecule has 0 bridgehead atoms. The average Bonchev–Trinajstić information content (AvgIpc) is 1.94. The van der Waals surface area contributed by atoms with E-state index < -0.39 is 11.6 Å². The van der Waals surface area contributed by atoms with Crippen molar-refractivity contribution in [3.63, 3.8) is 0 Å². The molecule has 0 fully saturated rings. The van der Waals surface area contributed by atoms with Gasteiger partial charge in [-0.25, -0.2) is 4.39 Å². The second kappa shape index (κ2) is 2.36. The highest BCUT2D eigenvalue weighted by atomic mass is 19.1. The van der Waals surface area contributed by atoms with E-state index in [0.29, 0.717) is 0 Å². The Hall–Kier alpha value is -1.56. The van der Waals surface area contributed by atoms with Crippen LogP contribution in [0.3, 0.4) is 0 Å². The molecule has 0 saturated carbocycles. The maximum absolute atomic E-state index is 12.2. The fourth-order valence-corrected chi connectivity index (χ4v) is 0.590. The minimum absolute atomic E-state index is 0.153. The maximum Gasteiger partial charge on any atom is 0.196 e. The third-order valence-corrected chi connectivity index (χ3v) is 1.06. The van der Waals surface area contributed by atoms with E-state index in [0.717, 1.165) is 18.2 Å². The number of nitriles is 1. The summed E-state index contributed by atoms with van der Waals surface area (Å²) in [4.78, 5) is 0. The Morgan fingerprint density at radius 1 is 1.50 bits per heavy atom. The van der Waals surface area contributed by atoms with Crippen molar-refractivity contribution in [3.8, 4) is 11.8 Å². The van der Waals surface area contributed by atoms with Crippen molar-refractivity contribution in [2.24, 2.45) is 0 Å². The van der Waals surface area contributed by atoms with Crippen molar-refractivity contribution in [3.05, 3.63) is 29.6 Å². The number of benzene rings is 1. The zero-order valence-corrected chi connectivity index (χ0v) is 4.97. The molecule has 0 unspecified atom stereocenters. The van der Waals surface area contributed by atoms with Gasteiger partial charge in [-0.15, -0.1) is 0 Å². The minimum atomic E-state index is -0.559. The molecule has 0 aromatic heterocycles. The van der Waals surface area contributed by atoms with Crippen molar-refractivity contribution in [2.45, 2.75) is 0 Å². The SMILES string of the molecule is N#Cc1cc(F)ccc1[O]. The van der Waals surface area contributed by atoms with Crippen LogP contribution in [0.2, 0.25) is 0 Å². The zero-order chi connectivity index (χ0) is 7.56. The standard InChI is InChI=1S/C7H3FNO/c8-6-1-2-7(10)5(3-6)4-9/h1-3H. The lowest BCUT2D eigenvalue weighted by Gasteiger charge is -1.89. The Morgan fingerprint density at radius 3 is 2.70 bits per heavy atom. The molecule has 0 atom stereocenters. The van der Waals surface area contributed by atoms with E-state index in [9.17, 15) is 9.50 Å². The highest BCUT2D eigenvalue weighted by Gasteiger charge is 2.01. The number of rotatable bonds is 0. The highest BCUT2D eigenvalue weighted by molar-refractivity contribution is 5.41. The van der Waals surface area contributed by atoms with Gasteiger partial charge in [0.1, 0.15) is 17.4 Å². The molecule has 0 aliphatic rings. The number of nitrogens with zero attached hydrogens (tertiary/aromatic N) is 1. The monoisotopic (exact) mass is 136 g/mol. The summed E-state index contributed by atoms with van der Waals surface area (Å²) in [7, 11) is 0. The van der Waals surface area contributed by atoms with E-state index in [2.05, 4.69) is 0 Å². The Balaban J connectivity index is 3.25. The molecular formula is C7H3FNO. The summed E-state index contributed by atoms with van der Waals surface area (Å²) in [5.41, 5.74) is -0.153. The van der Waals surface area contributed by atoms with Gasteiger partial charge in [-0.3, -0.25) is 5.11 Å². The number of hydrogen-bond donors (Lipinski definition) is 0. The molecule has 10 heavy (non-hydrogen) atoms. The predicted octanol–water partition coefficient (Wildman–Crippen LogP) is 1.84. The largest absolute Gasteiger partial charge is 0.288 e. The van der Waals surface area contributed by atoms with E-state index in [-0.39, 0.29) is 5.56 Å². The van der Waals surface area contributed by atoms with Crippen molar-refractivity contribution >= 4 is 0 Å². The van der Waals surface area contributed by atoms with Crippen LogP contribution in [0.1, 0.15) is 5.56 Å². The van der Waals surface area contributed by atoms with Crippen LogP contribution in [-0.2, 0) is 5.11 Å². The second-order valence-corrected chi connectivity index (χ2v) is 1.75. The first-order valence-electron chi connectivity index (χ1n) is 2.60. The lowest BCUT2D eigenvalue weighted by molar-refractivity contribution is 0.352. The van der Waals surface area contributed by atoms with Crippen LogP contribution in [0.15, 0.2) is 18.2 Å². The molecule has 0 heterocycles. The third-order valence-electron chi connectivity index (χ3n) is 1.06. The van der Waals surface area contributed by atoms with Gasteiger partial charge in [0.2, 0.25) is 0 Å². The lowest BCUT2D eigenvalue weighted by atomic mass is 10.2. The molecule has 1 aromatic carbocycles. The molecule has 0 spiro atoms. The van der Waals surface area contributed by atoms with Crippen LogP contribution in [0.4, 0.5) is 4.39 Å². The first kappa shape index (κ1) is 6.56. The summed E-state index contributed by atoms with van der Waals surface area (Å²) in [5.74, 6) is -1.000. The fourth-order valence-electron chi connectivity index (χ4n) is 0.590. The molecule has 2 nitrogen and oxygen atoms in total. The molecule has 0 aliphatic heterocycles. The summed E-state index contributed by atoms with van der Waals surface area (Å²) >= 11 is 0. The summed E-state index contributed by atoms with van der Waals surface area (Å²) in [6, 6.07) is 4.57.